The van der Waals surface area contributed by atoms with Crippen LogP contribution in [0, 0.1) is 6.92 Å². The molecule has 0 radical (unpaired) electrons. The zero-order valence-corrected chi connectivity index (χ0v) is 20.9. The summed E-state index contributed by atoms with van der Waals surface area (Å²) in [5, 5.41) is 13.9. The van der Waals surface area contributed by atoms with E-state index in [1.54, 1.807) is 6.92 Å². The predicted octanol–water partition coefficient (Wildman–Crippen LogP) is 4.03. The molecule has 11 heteroatoms. The lowest BCUT2D eigenvalue weighted by atomic mass is 10.0. The van der Waals surface area contributed by atoms with Gasteiger partial charge < -0.3 is 14.6 Å². The minimum absolute atomic E-state index is 0.103. The first-order valence-electron chi connectivity index (χ1n) is 12.7. The fourth-order valence-electron chi connectivity index (χ4n) is 4.21. The topological polar surface area (TPSA) is 159 Å². The Hall–Kier alpha value is -2.62. The van der Waals surface area contributed by atoms with E-state index in [0.29, 0.717) is 12.0 Å². The fraction of sp³-hybridized carbons (Fsp3) is 0.792. The quantitative estimate of drug-likeness (QED) is 0.116. The average molecular weight is 494 g/mol. The maximum absolute atomic E-state index is 12.5. The van der Waals surface area contributed by atoms with E-state index in [1.807, 2.05) is 0 Å². The first-order valence-corrected chi connectivity index (χ1v) is 12.7. The Balaban J connectivity index is 1.73. The van der Waals surface area contributed by atoms with Crippen molar-refractivity contribution in [3.63, 3.8) is 0 Å². The number of esters is 1. The molecule has 2 rings (SSSR count). The minimum Gasteiger partial charge on any atom is -0.463 e. The molecule has 0 bridgehead atoms. The molecule has 196 valence electrons. The van der Waals surface area contributed by atoms with Crippen molar-refractivity contribution < 1.29 is 19.4 Å². The van der Waals surface area contributed by atoms with Crippen molar-refractivity contribution in [3.05, 3.63) is 43.0 Å². The highest BCUT2D eigenvalue weighted by atomic mass is 16.6. The van der Waals surface area contributed by atoms with Gasteiger partial charge in [-0.05, 0) is 18.9 Å². The van der Waals surface area contributed by atoms with Gasteiger partial charge in [0.1, 0.15) is 25.0 Å². The van der Waals surface area contributed by atoms with Gasteiger partial charge in [-0.15, -0.1) is 0 Å². The number of nitrogens with one attached hydrogen (secondary N) is 1. The lowest BCUT2D eigenvalue weighted by Crippen LogP contribution is -2.34. The number of rotatable bonds is 16. The summed E-state index contributed by atoms with van der Waals surface area (Å²) in [6, 6.07) is -0.923. The number of carbonyl (C=O) groups is 1. The van der Waals surface area contributed by atoms with Gasteiger partial charge in [0.2, 0.25) is 0 Å². The number of hydrogen-bond acceptors (Lipinski definition) is 7. The third-order valence-corrected chi connectivity index (χ3v) is 6.34. The monoisotopic (exact) mass is 493 g/mol. The number of carbonyl (C=O) groups excluding carboxylic acids is 1. The number of aliphatic hydroxyl groups is 1. The molecule has 1 aliphatic heterocycles. The van der Waals surface area contributed by atoms with Gasteiger partial charge in [-0.3, -0.25) is 19.1 Å². The number of H-pyrrole nitrogens is 1. The van der Waals surface area contributed by atoms with Crippen molar-refractivity contribution in [1.82, 2.24) is 9.55 Å². The van der Waals surface area contributed by atoms with Crippen LogP contribution >= 0.6 is 0 Å². The molecule has 0 aromatic carbocycles. The Morgan fingerprint density at radius 3 is 2.49 bits per heavy atom. The summed E-state index contributed by atoms with van der Waals surface area (Å²) in [6.45, 7) is 3.54. The Bertz CT molecular complexity index is 954. The molecule has 4 unspecified atom stereocenters. The molecule has 2 N–H and O–H groups in total. The molecule has 35 heavy (non-hydrogen) atoms. The highest BCUT2D eigenvalue weighted by Crippen LogP contribution is 2.28. The van der Waals surface area contributed by atoms with Crippen LogP contribution in [0.3, 0.4) is 0 Å². The largest absolute Gasteiger partial charge is 0.463 e. The summed E-state index contributed by atoms with van der Waals surface area (Å²) in [5.74, 6) is -0.657. The number of aromatic amines is 1. The van der Waals surface area contributed by atoms with Gasteiger partial charge in [0.05, 0.1) is 6.10 Å². The Morgan fingerprint density at radius 1 is 1.23 bits per heavy atom. The van der Waals surface area contributed by atoms with Crippen molar-refractivity contribution in [2.45, 2.75) is 115 Å². The molecule has 1 fully saturated rings. The molecule has 2 heterocycles. The molecule has 0 amide bonds. The third-order valence-electron chi connectivity index (χ3n) is 6.34. The Morgan fingerprint density at radius 2 is 1.86 bits per heavy atom. The van der Waals surface area contributed by atoms with E-state index in [0.717, 1.165) is 19.3 Å². The molecule has 0 aliphatic carbocycles. The van der Waals surface area contributed by atoms with Gasteiger partial charge in [-0.2, -0.15) is 0 Å². The maximum atomic E-state index is 12.5. The lowest BCUT2D eigenvalue weighted by molar-refractivity contribution is -0.151. The second-order valence-electron chi connectivity index (χ2n) is 9.23. The zero-order valence-electron chi connectivity index (χ0n) is 20.9. The number of nitrogens with zero attached hydrogens (tertiary/aromatic N) is 4. The van der Waals surface area contributed by atoms with Gasteiger partial charge in [-0.25, -0.2) is 4.79 Å². The number of aryl methyl sites for hydroxylation is 1. The smallest absolute Gasteiger partial charge is 0.330 e. The maximum Gasteiger partial charge on any atom is 0.330 e. The average Bonchev–Trinajstić information content (AvgIpc) is 3.20. The molecule has 1 saturated heterocycles. The van der Waals surface area contributed by atoms with Crippen LogP contribution in [-0.4, -0.2) is 45.5 Å². The van der Waals surface area contributed by atoms with Crippen molar-refractivity contribution in [1.29, 1.82) is 0 Å². The van der Waals surface area contributed by atoms with Crippen LogP contribution in [-0.2, 0) is 14.3 Å². The van der Waals surface area contributed by atoms with Crippen LogP contribution < -0.4 is 11.2 Å². The first kappa shape index (κ1) is 28.6. The van der Waals surface area contributed by atoms with Crippen molar-refractivity contribution in [3.8, 4) is 0 Å². The Labute approximate surface area is 205 Å². The molecule has 0 spiro atoms. The van der Waals surface area contributed by atoms with Gasteiger partial charge in [0, 0.05) is 23.1 Å². The predicted molar refractivity (Wildman–Crippen MR) is 131 cm³/mol. The molecular formula is C24H39N5O6. The molecule has 4 atom stereocenters. The summed E-state index contributed by atoms with van der Waals surface area (Å²) >= 11 is 0. The van der Waals surface area contributed by atoms with E-state index in [9.17, 15) is 19.5 Å². The standard InChI is InChI=1S/C24H39N5O6/c1-3-4-5-6-7-8-9-10-11-12-13-18(27-28-25)23(32)34-16-20-19(30)14-21(35-20)29-15-17(2)22(31)26-24(29)33/h15,18-21,30H,3-14,16H2,1-2H3,(H,26,31,33). The summed E-state index contributed by atoms with van der Waals surface area (Å²) in [7, 11) is 0. The van der Waals surface area contributed by atoms with Crippen LogP contribution in [0.1, 0.15) is 95.8 Å². The van der Waals surface area contributed by atoms with Gasteiger partial charge >= 0.3 is 11.7 Å². The zero-order chi connectivity index (χ0) is 25.6. The third kappa shape index (κ3) is 9.51. The van der Waals surface area contributed by atoms with Crippen LogP contribution in [0.25, 0.3) is 10.4 Å². The Kier molecular flexibility index (Phi) is 12.6. The van der Waals surface area contributed by atoms with Gasteiger partial charge in [0.25, 0.3) is 5.56 Å². The van der Waals surface area contributed by atoms with E-state index in [2.05, 4.69) is 21.9 Å². The number of unbranched alkanes of at least 4 members (excludes halogenated alkanes) is 9. The van der Waals surface area contributed by atoms with Crippen LogP contribution in [0.2, 0.25) is 0 Å². The first-order chi connectivity index (χ1) is 16.9. The molecule has 1 aromatic heterocycles. The van der Waals surface area contributed by atoms with Crippen molar-refractivity contribution in [2.24, 2.45) is 5.11 Å². The second-order valence-corrected chi connectivity index (χ2v) is 9.23. The van der Waals surface area contributed by atoms with Crippen LogP contribution in [0.4, 0.5) is 0 Å². The number of aromatic nitrogens is 2. The molecular weight excluding hydrogens is 454 g/mol. The van der Waals surface area contributed by atoms with E-state index >= 15 is 0 Å². The summed E-state index contributed by atoms with van der Waals surface area (Å²) in [6.07, 6.45) is 10.9. The highest BCUT2D eigenvalue weighted by Gasteiger charge is 2.36. The summed E-state index contributed by atoms with van der Waals surface area (Å²) in [5.41, 5.74) is 8.03. The normalized spacial score (nSPS) is 20.4. The number of azide groups is 1. The molecule has 1 aliphatic rings. The lowest BCUT2D eigenvalue weighted by Gasteiger charge is -2.17. The van der Waals surface area contributed by atoms with E-state index in [4.69, 9.17) is 15.0 Å². The van der Waals surface area contributed by atoms with E-state index < -0.39 is 41.7 Å². The van der Waals surface area contributed by atoms with E-state index in [-0.39, 0.29) is 13.0 Å². The summed E-state index contributed by atoms with van der Waals surface area (Å²) in [4.78, 5) is 41.1. The fourth-order valence-corrected chi connectivity index (χ4v) is 4.21. The van der Waals surface area contributed by atoms with E-state index in [1.165, 1.54) is 55.7 Å². The molecule has 11 nitrogen and oxygen atoms in total. The summed E-state index contributed by atoms with van der Waals surface area (Å²) < 4.78 is 12.2. The number of aliphatic hydroxyl groups excluding tert-OH is 1. The van der Waals surface area contributed by atoms with Crippen molar-refractivity contribution >= 4 is 5.97 Å². The van der Waals surface area contributed by atoms with Gasteiger partial charge in [0.15, 0.2) is 0 Å². The van der Waals surface area contributed by atoms with Crippen molar-refractivity contribution in [2.75, 3.05) is 6.61 Å². The van der Waals surface area contributed by atoms with Crippen LogP contribution in [0.15, 0.2) is 20.9 Å². The second kappa shape index (κ2) is 15.4. The number of hydrogen-bond donors (Lipinski definition) is 2. The molecule has 0 saturated carbocycles. The minimum atomic E-state index is -0.966. The number of ether oxygens (including phenoxy) is 2. The highest BCUT2D eigenvalue weighted by molar-refractivity contribution is 5.75. The van der Waals surface area contributed by atoms with Gasteiger partial charge in [-0.1, -0.05) is 76.2 Å². The van der Waals surface area contributed by atoms with Crippen LogP contribution in [0.5, 0.6) is 0 Å². The molecule has 1 aromatic rings. The SMILES string of the molecule is CCCCCCCCCCCCC(N=[N+]=[N-])C(=O)OCC1OC(n2cc(C)c(=O)[nH]c2=O)CC1O.